The number of nitrogens with zero attached hydrogens (tertiary/aromatic N) is 1. The van der Waals surface area contributed by atoms with E-state index in [2.05, 4.69) is 26.1 Å². The number of carbonyl (C=O) groups is 1. The maximum Gasteiger partial charge on any atom is 0.282 e. The number of ether oxygens (including phenoxy) is 1. The zero-order chi connectivity index (χ0) is 17.9. The fourth-order valence-corrected chi connectivity index (χ4v) is 2.29. The number of hydrogen-bond donors (Lipinski definition) is 1. The lowest BCUT2D eigenvalue weighted by Crippen LogP contribution is -2.16. The van der Waals surface area contributed by atoms with Crippen molar-refractivity contribution in [3.8, 4) is 5.75 Å². The first-order chi connectivity index (χ1) is 11.2. The van der Waals surface area contributed by atoms with Crippen molar-refractivity contribution in [1.82, 2.24) is 0 Å². The Morgan fingerprint density at radius 3 is 2.42 bits per heavy atom. The van der Waals surface area contributed by atoms with E-state index in [9.17, 15) is 14.9 Å². The third kappa shape index (κ3) is 3.71. The van der Waals surface area contributed by atoms with E-state index in [4.69, 9.17) is 4.74 Å². The van der Waals surface area contributed by atoms with Crippen LogP contribution >= 0.6 is 0 Å². The van der Waals surface area contributed by atoms with E-state index in [1.807, 2.05) is 12.1 Å². The molecule has 6 nitrogen and oxygen atoms in total. The zero-order valence-electron chi connectivity index (χ0n) is 14.1. The molecule has 0 fully saturated rings. The smallest absolute Gasteiger partial charge is 0.282 e. The van der Waals surface area contributed by atoms with Crippen LogP contribution in [0.2, 0.25) is 0 Å². The Labute approximate surface area is 140 Å². The molecule has 0 unspecified atom stereocenters. The van der Waals surface area contributed by atoms with Crippen molar-refractivity contribution in [2.45, 2.75) is 26.2 Å². The standard InChI is InChI=1S/C18H20N2O4/c1-18(2,3)12-9-10-16(24-4)14(11-12)19-17(21)13-7-5-6-8-15(13)20(22)23/h5-11H,1-4H3,(H,19,21). The van der Waals surface area contributed by atoms with Crippen molar-refractivity contribution in [1.29, 1.82) is 0 Å². The summed E-state index contributed by atoms with van der Waals surface area (Å²) in [6, 6.07) is 11.4. The normalized spacial score (nSPS) is 11.0. The number of benzene rings is 2. The third-order valence-corrected chi connectivity index (χ3v) is 3.66. The highest BCUT2D eigenvalue weighted by atomic mass is 16.6. The summed E-state index contributed by atoms with van der Waals surface area (Å²) >= 11 is 0. The van der Waals surface area contributed by atoms with Crippen molar-refractivity contribution < 1.29 is 14.5 Å². The predicted octanol–water partition coefficient (Wildman–Crippen LogP) is 4.15. The second-order valence-electron chi connectivity index (χ2n) is 6.39. The van der Waals surface area contributed by atoms with Gasteiger partial charge in [0, 0.05) is 6.07 Å². The summed E-state index contributed by atoms with van der Waals surface area (Å²) in [5.74, 6) is -0.0541. The highest BCUT2D eigenvalue weighted by Crippen LogP contribution is 2.32. The molecule has 6 heteroatoms. The Bertz CT molecular complexity index is 779. The predicted molar refractivity (Wildman–Crippen MR) is 92.7 cm³/mol. The Balaban J connectivity index is 2.40. The Morgan fingerprint density at radius 1 is 1.17 bits per heavy atom. The topological polar surface area (TPSA) is 81.5 Å². The summed E-state index contributed by atoms with van der Waals surface area (Å²) in [5, 5.41) is 13.8. The van der Waals surface area contributed by atoms with E-state index in [0.717, 1.165) is 5.56 Å². The molecule has 2 rings (SSSR count). The molecule has 1 amide bonds. The van der Waals surface area contributed by atoms with Gasteiger partial charge in [-0.25, -0.2) is 0 Å². The summed E-state index contributed by atoms with van der Waals surface area (Å²) < 4.78 is 5.28. The van der Waals surface area contributed by atoms with E-state index in [0.29, 0.717) is 11.4 Å². The maximum atomic E-state index is 12.5. The second-order valence-corrected chi connectivity index (χ2v) is 6.39. The summed E-state index contributed by atoms with van der Waals surface area (Å²) in [4.78, 5) is 23.0. The number of anilines is 1. The number of nitrogens with one attached hydrogen (secondary N) is 1. The van der Waals surface area contributed by atoms with Crippen LogP contribution in [-0.2, 0) is 5.41 Å². The fraction of sp³-hybridized carbons (Fsp3) is 0.278. The van der Waals surface area contributed by atoms with Gasteiger partial charge in [0.15, 0.2) is 0 Å². The Hall–Kier alpha value is -2.89. The molecule has 2 aromatic carbocycles. The van der Waals surface area contributed by atoms with Crippen LogP contribution < -0.4 is 10.1 Å². The van der Waals surface area contributed by atoms with Crippen molar-refractivity contribution in [3.05, 3.63) is 63.7 Å². The molecule has 0 saturated carbocycles. The lowest BCUT2D eigenvalue weighted by atomic mass is 9.87. The molecule has 0 saturated heterocycles. The molecule has 0 radical (unpaired) electrons. The van der Waals surface area contributed by atoms with Gasteiger partial charge in [0.1, 0.15) is 11.3 Å². The molecule has 0 atom stereocenters. The molecule has 0 aromatic heterocycles. The Kier molecular flexibility index (Phi) is 4.87. The zero-order valence-corrected chi connectivity index (χ0v) is 14.1. The summed E-state index contributed by atoms with van der Waals surface area (Å²) in [5.41, 5.74) is 1.16. The quantitative estimate of drug-likeness (QED) is 0.675. The second kappa shape index (κ2) is 6.70. The van der Waals surface area contributed by atoms with Gasteiger partial charge in [-0.2, -0.15) is 0 Å². The molecular weight excluding hydrogens is 308 g/mol. The average Bonchev–Trinajstić information content (AvgIpc) is 2.53. The highest BCUT2D eigenvalue weighted by molar-refractivity contribution is 6.07. The number of nitro groups is 1. The monoisotopic (exact) mass is 328 g/mol. The highest BCUT2D eigenvalue weighted by Gasteiger charge is 2.21. The van der Waals surface area contributed by atoms with Crippen LogP contribution in [0.3, 0.4) is 0 Å². The minimum Gasteiger partial charge on any atom is -0.495 e. The van der Waals surface area contributed by atoms with E-state index >= 15 is 0 Å². The average molecular weight is 328 g/mol. The fourth-order valence-electron chi connectivity index (χ4n) is 2.29. The number of para-hydroxylation sites is 1. The first kappa shape index (κ1) is 17.5. The SMILES string of the molecule is COc1ccc(C(C)(C)C)cc1NC(=O)c1ccccc1[N+](=O)[O-]. The summed E-state index contributed by atoms with van der Waals surface area (Å²) in [7, 11) is 1.51. The molecule has 0 bridgehead atoms. The van der Waals surface area contributed by atoms with E-state index in [1.165, 1.54) is 25.3 Å². The van der Waals surface area contributed by atoms with Crippen LogP contribution in [0.4, 0.5) is 11.4 Å². The molecule has 126 valence electrons. The van der Waals surface area contributed by atoms with E-state index in [1.54, 1.807) is 12.1 Å². The van der Waals surface area contributed by atoms with Crippen LogP contribution in [0.15, 0.2) is 42.5 Å². The summed E-state index contributed by atoms with van der Waals surface area (Å²) in [6.07, 6.45) is 0. The van der Waals surface area contributed by atoms with Crippen LogP contribution in [0.1, 0.15) is 36.7 Å². The van der Waals surface area contributed by atoms with Crippen LogP contribution in [0.25, 0.3) is 0 Å². The summed E-state index contributed by atoms with van der Waals surface area (Å²) in [6.45, 7) is 6.17. The maximum absolute atomic E-state index is 12.5. The first-order valence-electron chi connectivity index (χ1n) is 7.47. The van der Waals surface area contributed by atoms with Crippen LogP contribution in [0, 0.1) is 10.1 Å². The van der Waals surface area contributed by atoms with Gasteiger partial charge >= 0.3 is 0 Å². The molecule has 0 spiro atoms. The minimum atomic E-state index is -0.572. The van der Waals surface area contributed by atoms with Gasteiger partial charge in [-0.1, -0.05) is 39.0 Å². The van der Waals surface area contributed by atoms with Gasteiger partial charge < -0.3 is 10.1 Å². The number of rotatable bonds is 4. The Morgan fingerprint density at radius 2 is 1.83 bits per heavy atom. The lowest BCUT2D eigenvalue weighted by Gasteiger charge is -2.21. The first-order valence-corrected chi connectivity index (χ1v) is 7.47. The molecule has 24 heavy (non-hydrogen) atoms. The van der Waals surface area contributed by atoms with Gasteiger partial charge in [-0.3, -0.25) is 14.9 Å². The molecule has 0 aliphatic rings. The number of methoxy groups -OCH3 is 1. The van der Waals surface area contributed by atoms with Gasteiger partial charge in [0.25, 0.3) is 11.6 Å². The van der Waals surface area contributed by atoms with Crippen molar-refractivity contribution in [3.63, 3.8) is 0 Å². The van der Waals surface area contributed by atoms with Crippen molar-refractivity contribution in [2.75, 3.05) is 12.4 Å². The number of nitro benzene ring substituents is 1. The van der Waals surface area contributed by atoms with Crippen molar-refractivity contribution >= 4 is 17.3 Å². The largest absolute Gasteiger partial charge is 0.495 e. The molecular formula is C18H20N2O4. The van der Waals surface area contributed by atoms with Crippen molar-refractivity contribution in [2.24, 2.45) is 0 Å². The van der Waals surface area contributed by atoms with E-state index < -0.39 is 10.8 Å². The molecule has 0 aliphatic heterocycles. The van der Waals surface area contributed by atoms with E-state index in [-0.39, 0.29) is 16.7 Å². The van der Waals surface area contributed by atoms with Gasteiger partial charge in [-0.05, 0) is 29.2 Å². The molecule has 2 aromatic rings. The van der Waals surface area contributed by atoms with Crippen LogP contribution in [-0.4, -0.2) is 17.9 Å². The molecule has 0 heterocycles. The molecule has 0 aliphatic carbocycles. The number of amides is 1. The van der Waals surface area contributed by atoms with Gasteiger partial charge in [0.05, 0.1) is 17.7 Å². The van der Waals surface area contributed by atoms with Gasteiger partial charge in [-0.15, -0.1) is 0 Å². The minimum absolute atomic E-state index is 0.00529. The molecule has 1 N–H and O–H groups in total. The van der Waals surface area contributed by atoms with Crippen LogP contribution in [0.5, 0.6) is 5.75 Å². The number of carbonyl (C=O) groups excluding carboxylic acids is 1. The lowest BCUT2D eigenvalue weighted by molar-refractivity contribution is -0.385. The third-order valence-electron chi connectivity index (χ3n) is 3.66. The number of hydrogen-bond acceptors (Lipinski definition) is 4. The van der Waals surface area contributed by atoms with Gasteiger partial charge in [0.2, 0.25) is 0 Å².